The molecule has 0 bridgehead atoms. The number of rotatable bonds is 3. The van der Waals surface area contributed by atoms with Gasteiger partial charge in [0.1, 0.15) is 0 Å². The van der Waals surface area contributed by atoms with E-state index < -0.39 is 0 Å². The van der Waals surface area contributed by atoms with Crippen molar-refractivity contribution in [3.05, 3.63) is 11.7 Å². The lowest BCUT2D eigenvalue weighted by molar-refractivity contribution is 0.374. The molecule has 0 N–H and O–H groups in total. The Morgan fingerprint density at radius 3 is 3.00 bits per heavy atom. The minimum absolute atomic E-state index is 0.325. The van der Waals surface area contributed by atoms with Crippen molar-refractivity contribution >= 4 is 23.5 Å². The molecule has 1 saturated heterocycles. The maximum atomic E-state index is 8.50. The molecule has 0 aliphatic carbocycles. The van der Waals surface area contributed by atoms with Gasteiger partial charge in [-0.1, -0.05) is 19.0 Å². The number of thioether (sulfide) groups is 2. The van der Waals surface area contributed by atoms with Crippen molar-refractivity contribution in [1.82, 2.24) is 10.1 Å². The van der Waals surface area contributed by atoms with Gasteiger partial charge >= 0.3 is 0 Å². The Hall–Kier alpha value is -0.670. The van der Waals surface area contributed by atoms with Crippen molar-refractivity contribution in [3.63, 3.8) is 0 Å². The molecule has 0 saturated carbocycles. The van der Waals surface area contributed by atoms with E-state index in [0.29, 0.717) is 34.5 Å². The van der Waals surface area contributed by atoms with Crippen molar-refractivity contribution < 1.29 is 4.52 Å². The molecule has 4 nitrogen and oxygen atoms in total. The average Bonchev–Trinajstić information content (AvgIpc) is 2.79. The van der Waals surface area contributed by atoms with Gasteiger partial charge in [0.05, 0.1) is 11.3 Å². The molecular formula is C11H15N3OS2. The molecule has 3 unspecified atom stereocenters. The van der Waals surface area contributed by atoms with Crippen LogP contribution in [0.3, 0.4) is 0 Å². The van der Waals surface area contributed by atoms with Crippen LogP contribution in [-0.4, -0.2) is 26.4 Å². The van der Waals surface area contributed by atoms with Crippen LogP contribution in [0.4, 0.5) is 0 Å². The molecule has 2 heterocycles. The van der Waals surface area contributed by atoms with Crippen LogP contribution in [0.5, 0.6) is 0 Å². The highest BCUT2D eigenvalue weighted by molar-refractivity contribution is 8.07. The van der Waals surface area contributed by atoms with Gasteiger partial charge in [-0.3, -0.25) is 0 Å². The molecule has 1 aliphatic heterocycles. The Morgan fingerprint density at radius 2 is 2.29 bits per heavy atom. The summed E-state index contributed by atoms with van der Waals surface area (Å²) in [6.07, 6.45) is 0.988. The summed E-state index contributed by atoms with van der Waals surface area (Å²) in [6, 6.07) is 2.08. The molecule has 0 amide bonds. The van der Waals surface area contributed by atoms with E-state index in [1.165, 1.54) is 0 Å². The van der Waals surface area contributed by atoms with E-state index >= 15 is 0 Å². The van der Waals surface area contributed by atoms with Gasteiger partial charge in [-0.25, -0.2) is 0 Å². The highest BCUT2D eigenvalue weighted by Crippen LogP contribution is 2.43. The highest BCUT2D eigenvalue weighted by atomic mass is 32.2. The summed E-state index contributed by atoms with van der Waals surface area (Å²) in [5.41, 5.74) is 0. The number of aromatic nitrogens is 2. The van der Waals surface area contributed by atoms with Crippen molar-refractivity contribution in [2.24, 2.45) is 0 Å². The minimum Gasteiger partial charge on any atom is -0.339 e. The van der Waals surface area contributed by atoms with Crippen LogP contribution in [0.25, 0.3) is 0 Å². The lowest BCUT2D eigenvalue weighted by atomic mass is 10.3. The van der Waals surface area contributed by atoms with Crippen LogP contribution in [0.2, 0.25) is 0 Å². The van der Waals surface area contributed by atoms with E-state index in [1.54, 1.807) is 0 Å². The van der Waals surface area contributed by atoms with Gasteiger partial charge in [0.25, 0.3) is 0 Å². The summed E-state index contributed by atoms with van der Waals surface area (Å²) in [6.45, 7) is 4.50. The lowest BCUT2D eigenvalue weighted by Crippen LogP contribution is -2.22. The number of hydrogen-bond donors (Lipinski definition) is 0. The summed E-state index contributed by atoms with van der Waals surface area (Å²) in [5, 5.41) is 14.1. The third-order valence-electron chi connectivity index (χ3n) is 2.77. The van der Waals surface area contributed by atoms with Crippen molar-refractivity contribution in [3.8, 4) is 6.07 Å². The topological polar surface area (TPSA) is 62.7 Å². The Bertz CT molecular complexity index is 415. The smallest absolute Gasteiger partial charge is 0.227 e. The average molecular weight is 269 g/mol. The molecule has 17 heavy (non-hydrogen) atoms. The SMILES string of the molecule is CC1SCC(c2noc(CCC#N)n2)SC1C. The van der Waals surface area contributed by atoms with E-state index in [1.807, 2.05) is 23.5 Å². The van der Waals surface area contributed by atoms with Crippen molar-refractivity contribution in [2.75, 3.05) is 5.75 Å². The Labute approximate surface area is 110 Å². The molecule has 1 fully saturated rings. The molecule has 1 aromatic rings. The zero-order valence-electron chi connectivity index (χ0n) is 9.92. The van der Waals surface area contributed by atoms with Gasteiger partial charge < -0.3 is 4.52 Å². The Kier molecular flexibility index (Phi) is 4.35. The van der Waals surface area contributed by atoms with Crippen LogP contribution < -0.4 is 0 Å². The fourth-order valence-corrected chi connectivity index (χ4v) is 4.42. The molecule has 2 rings (SSSR count). The van der Waals surface area contributed by atoms with Crippen molar-refractivity contribution in [1.29, 1.82) is 5.26 Å². The van der Waals surface area contributed by atoms with Crippen LogP contribution in [-0.2, 0) is 6.42 Å². The second kappa shape index (κ2) is 5.78. The molecule has 0 spiro atoms. The first-order valence-corrected chi connectivity index (χ1v) is 7.66. The minimum atomic E-state index is 0.325. The van der Waals surface area contributed by atoms with E-state index in [-0.39, 0.29) is 0 Å². The van der Waals surface area contributed by atoms with Crippen molar-refractivity contribution in [2.45, 2.75) is 42.4 Å². The normalized spacial score (nSPS) is 28.9. The maximum Gasteiger partial charge on any atom is 0.227 e. The summed E-state index contributed by atoms with van der Waals surface area (Å²) in [5.74, 6) is 2.40. The van der Waals surface area contributed by atoms with E-state index in [4.69, 9.17) is 9.78 Å². The maximum absolute atomic E-state index is 8.50. The van der Waals surface area contributed by atoms with Crippen LogP contribution in [0.15, 0.2) is 4.52 Å². The first-order valence-electron chi connectivity index (χ1n) is 5.67. The molecule has 6 heteroatoms. The molecular weight excluding hydrogens is 254 g/mol. The van der Waals surface area contributed by atoms with Gasteiger partial charge in [0.2, 0.25) is 5.89 Å². The molecule has 1 aliphatic rings. The predicted molar refractivity (Wildman–Crippen MR) is 69.9 cm³/mol. The molecule has 0 aromatic carbocycles. The number of nitrogens with zero attached hydrogens (tertiary/aromatic N) is 3. The zero-order chi connectivity index (χ0) is 12.3. The number of hydrogen-bond acceptors (Lipinski definition) is 6. The van der Waals surface area contributed by atoms with Crippen LogP contribution >= 0.6 is 23.5 Å². The quantitative estimate of drug-likeness (QED) is 0.840. The first kappa shape index (κ1) is 12.8. The van der Waals surface area contributed by atoms with Gasteiger partial charge in [-0.15, -0.1) is 11.8 Å². The van der Waals surface area contributed by atoms with Gasteiger partial charge in [-0.2, -0.15) is 22.0 Å². The van der Waals surface area contributed by atoms with Crippen LogP contribution in [0, 0.1) is 11.3 Å². The molecule has 92 valence electrons. The number of aryl methyl sites for hydroxylation is 1. The predicted octanol–water partition coefficient (Wildman–Crippen LogP) is 2.82. The summed E-state index contributed by atoms with van der Waals surface area (Å²) < 4.78 is 5.15. The molecule has 3 atom stereocenters. The Balaban J connectivity index is 1.98. The fourth-order valence-electron chi connectivity index (χ4n) is 1.58. The van der Waals surface area contributed by atoms with Gasteiger partial charge in [0, 0.05) is 29.1 Å². The third-order valence-corrected chi connectivity index (χ3v) is 6.16. The second-order valence-electron chi connectivity index (χ2n) is 4.07. The Morgan fingerprint density at radius 1 is 1.47 bits per heavy atom. The van der Waals surface area contributed by atoms with E-state index in [9.17, 15) is 0 Å². The first-order chi connectivity index (χ1) is 8.20. The fraction of sp³-hybridized carbons (Fsp3) is 0.727. The summed E-state index contributed by atoms with van der Waals surface area (Å²) in [7, 11) is 0. The monoisotopic (exact) mass is 269 g/mol. The number of nitriles is 1. The van der Waals surface area contributed by atoms with Gasteiger partial charge in [-0.05, 0) is 0 Å². The standard InChI is InChI=1S/C11H15N3OS2/c1-7-8(2)17-9(6-16-7)11-13-10(15-14-11)4-3-5-12/h7-9H,3-4,6H2,1-2H3. The lowest BCUT2D eigenvalue weighted by Gasteiger charge is -2.29. The van der Waals surface area contributed by atoms with E-state index in [0.717, 1.165) is 11.6 Å². The molecule has 1 aromatic heterocycles. The highest BCUT2D eigenvalue weighted by Gasteiger charge is 2.29. The zero-order valence-corrected chi connectivity index (χ0v) is 11.6. The second-order valence-corrected chi connectivity index (χ2v) is 7.07. The van der Waals surface area contributed by atoms with Crippen LogP contribution in [0.1, 0.15) is 37.2 Å². The summed E-state index contributed by atoms with van der Waals surface area (Å²) >= 11 is 3.88. The third kappa shape index (κ3) is 3.17. The van der Waals surface area contributed by atoms with E-state index in [2.05, 4.69) is 30.1 Å². The summed E-state index contributed by atoms with van der Waals surface area (Å²) in [4.78, 5) is 4.37. The largest absolute Gasteiger partial charge is 0.339 e. The molecule has 0 radical (unpaired) electrons. The van der Waals surface area contributed by atoms with Gasteiger partial charge in [0.15, 0.2) is 5.82 Å².